The first-order valence-electron chi connectivity index (χ1n) is 8.11. The van der Waals surface area contributed by atoms with E-state index in [1.165, 1.54) is 0 Å². The van der Waals surface area contributed by atoms with Gasteiger partial charge in [0.25, 0.3) is 0 Å². The number of piperidine rings is 1. The molecule has 0 bridgehead atoms. The van der Waals surface area contributed by atoms with Crippen molar-refractivity contribution in [3.8, 4) is 0 Å². The third kappa shape index (κ3) is 4.25. The predicted molar refractivity (Wildman–Crippen MR) is 81.7 cm³/mol. The maximum Gasteiger partial charge on any atom is 0.127 e. The lowest BCUT2D eigenvalue weighted by molar-refractivity contribution is 0.0703. The van der Waals surface area contributed by atoms with Crippen LogP contribution in [0.1, 0.15) is 31.2 Å². The highest BCUT2D eigenvalue weighted by molar-refractivity contribution is 5.17. The second-order valence-corrected chi connectivity index (χ2v) is 6.20. The Morgan fingerprint density at radius 1 is 1.05 bits per heavy atom. The third-order valence-corrected chi connectivity index (χ3v) is 4.63. The lowest BCUT2D eigenvalue weighted by Gasteiger charge is -2.35. The SMILES string of the molecule is Fc1ccccc1CN1CCC(NC2CCOCC2)CC1. The molecule has 2 saturated heterocycles. The van der Waals surface area contributed by atoms with Crippen LogP contribution < -0.4 is 5.32 Å². The second-order valence-electron chi connectivity index (χ2n) is 6.20. The summed E-state index contributed by atoms with van der Waals surface area (Å²) in [5.41, 5.74) is 0.813. The first-order chi connectivity index (χ1) is 10.3. The quantitative estimate of drug-likeness (QED) is 0.923. The summed E-state index contributed by atoms with van der Waals surface area (Å²) >= 11 is 0. The molecule has 0 radical (unpaired) electrons. The van der Waals surface area contributed by atoms with Gasteiger partial charge in [-0.25, -0.2) is 4.39 Å². The molecule has 0 spiro atoms. The van der Waals surface area contributed by atoms with Crippen molar-refractivity contribution in [1.29, 1.82) is 0 Å². The van der Waals surface area contributed by atoms with Crippen LogP contribution in [0.25, 0.3) is 0 Å². The fourth-order valence-corrected chi connectivity index (χ4v) is 3.32. The van der Waals surface area contributed by atoms with Gasteiger partial charge in [-0.3, -0.25) is 4.90 Å². The van der Waals surface area contributed by atoms with E-state index in [1.807, 2.05) is 12.1 Å². The lowest BCUT2D eigenvalue weighted by atomic mass is 10.0. The summed E-state index contributed by atoms with van der Waals surface area (Å²) in [4.78, 5) is 2.36. The molecular weight excluding hydrogens is 267 g/mol. The van der Waals surface area contributed by atoms with Crippen molar-refractivity contribution >= 4 is 0 Å². The van der Waals surface area contributed by atoms with Crippen molar-refractivity contribution in [2.75, 3.05) is 26.3 Å². The molecule has 2 aliphatic rings. The Labute approximate surface area is 126 Å². The van der Waals surface area contributed by atoms with Gasteiger partial charge in [0.15, 0.2) is 0 Å². The number of hydrogen-bond donors (Lipinski definition) is 1. The molecule has 3 rings (SSSR count). The van der Waals surface area contributed by atoms with Gasteiger partial charge >= 0.3 is 0 Å². The van der Waals surface area contributed by atoms with Crippen molar-refractivity contribution in [2.24, 2.45) is 0 Å². The highest BCUT2D eigenvalue weighted by Crippen LogP contribution is 2.17. The molecular formula is C17H25FN2O. The van der Waals surface area contributed by atoms with Crippen molar-refractivity contribution in [3.05, 3.63) is 35.6 Å². The average molecular weight is 292 g/mol. The fraction of sp³-hybridized carbons (Fsp3) is 0.647. The maximum absolute atomic E-state index is 13.7. The Kier molecular flexibility index (Phi) is 5.22. The van der Waals surface area contributed by atoms with Gasteiger partial charge in [0.2, 0.25) is 0 Å². The third-order valence-electron chi connectivity index (χ3n) is 4.63. The van der Waals surface area contributed by atoms with Crippen molar-refractivity contribution in [1.82, 2.24) is 10.2 Å². The Balaban J connectivity index is 1.43. The van der Waals surface area contributed by atoms with E-state index in [0.29, 0.717) is 12.1 Å². The molecule has 1 N–H and O–H groups in total. The molecule has 0 aliphatic carbocycles. The maximum atomic E-state index is 13.7. The van der Waals surface area contributed by atoms with Gasteiger partial charge in [-0.15, -0.1) is 0 Å². The van der Waals surface area contributed by atoms with Crippen LogP contribution in [0.3, 0.4) is 0 Å². The van der Waals surface area contributed by atoms with E-state index >= 15 is 0 Å². The summed E-state index contributed by atoms with van der Waals surface area (Å²) in [5.74, 6) is -0.0834. The molecule has 116 valence electrons. The number of benzene rings is 1. The minimum absolute atomic E-state index is 0.0834. The summed E-state index contributed by atoms with van der Waals surface area (Å²) < 4.78 is 19.1. The van der Waals surface area contributed by atoms with Gasteiger partial charge in [0.1, 0.15) is 5.82 Å². The van der Waals surface area contributed by atoms with Crippen LogP contribution in [0.4, 0.5) is 4.39 Å². The van der Waals surface area contributed by atoms with E-state index in [0.717, 1.165) is 64.1 Å². The molecule has 0 aromatic heterocycles. The molecule has 0 unspecified atom stereocenters. The van der Waals surface area contributed by atoms with E-state index in [1.54, 1.807) is 12.1 Å². The van der Waals surface area contributed by atoms with Crippen LogP contribution in [0.5, 0.6) is 0 Å². The van der Waals surface area contributed by atoms with Gasteiger partial charge in [0, 0.05) is 37.4 Å². The van der Waals surface area contributed by atoms with Gasteiger partial charge in [-0.1, -0.05) is 18.2 Å². The van der Waals surface area contributed by atoms with Gasteiger partial charge in [-0.05, 0) is 44.8 Å². The van der Waals surface area contributed by atoms with E-state index < -0.39 is 0 Å². The molecule has 2 aliphatic heterocycles. The Morgan fingerprint density at radius 2 is 1.71 bits per heavy atom. The van der Waals surface area contributed by atoms with Gasteiger partial charge < -0.3 is 10.1 Å². The molecule has 0 atom stereocenters. The molecule has 3 nitrogen and oxygen atoms in total. The summed E-state index contributed by atoms with van der Waals surface area (Å²) in [6.45, 7) is 4.62. The second kappa shape index (κ2) is 7.34. The lowest BCUT2D eigenvalue weighted by Crippen LogP contribution is -2.47. The number of ether oxygens (including phenoxy) is 1. The number of likely N-dealkylation sites (tertiary alicyclic amines) is 1. The summed E-state index contributed by atoms with van der Waals surface area (Å²) in [7, 11) is 0. The van der Waals surface area contributed by atoms with Crippen LogP contribution >= 0.6 is 0 Å². The first kappa shape index (κ1) is 14.9. The topological polar surface area (TPSA) is 24.5 Å². The highest BCUT2D eigenvalue weighted by atomic mass is 19.1. The van der Waals surface area contributed by atoms with E-state index in [2.05, 4.69) is 10.2 Å². The highest BCUT2D eigenvalue weighted by Gasteiger charge is 2.23. The van der Waals surface area contributed by atoms with E-state index in [-0.39, 0.29) is 5.82 Å². The van der Waals surface area contributed by atoms with Crippen LogP contribution in [-0.2, 0) is 11.3 Å². The minimum Gasteiger partial charge on any atom is -0.381 e. The minimum atomic E-state index is -0.0834. The molecule has 1 aromatic carbocycles. The number of rotatable bonds is 4. The largest absolute Gasteiger partial charge is 0.381 e. The normalized spacial score (nSPS) is 22.5. The Morgan fingerprint density at radius 3 is 2.43 bits per heavy atom. The standard InChI is InChI=1S/C17H25FN2O/c18-17-4-2-1-3-14(17)13-20-9-5-15(6-10-20)19-16-7-11-21-12-8-16/h1-4,15-16,19H,5-13H2. The average Bonchev–Trinajstić information content (AvgIpc) is 2.52. The van der Waals surface area contributed by atoms with Crippen molar-refractivity contribution in [2.45, 2.75) is 44.3 Å². The van der Waals surface area contributed by atoms with Crippen LogP contribution in [0.15, 0.2) is 24.3 Å². The van der Waals surface area contributed by atoms with Crippen molar-refractivity contribution < 1.29 is 9.13 Å². The summed E-state index contributed by atoms with van der Waals surface area (Å²) in [6.07, 6.45) is 4.59. The molecule has 0 saturated carbocycles. The van der Waals surface area contributed by atoms with Crippen LogP contribution in [-0.4, -0.2) is 43.3 Å². The van der Waals surface area contributed by atoms with Gasteiger partial charge in [-0.2, -0.15) is 0 Å². The Hall–Kier alpha value is -0.970. The molecule has 4 heteroatoms. The van der Waals surface area contributed by atoms with E-state index in [4.69, 9.17) is 4.74 Å². The molecule has 2 fully saturated rings. The molecule has 21 heavy (non-hydrogen) atoms. The van der Waals surface area contributed by atoms with Crippen LogP contribution in [0.2, 0.25) is 0 Å². The number of halogens is 1. The Bertz CT molecular complexity index is 440. The first-order valence-corrected chi connectivity index (χ1v) is 8.11. The molecule has 2 heterocycles. The van der Waals surface area contributed by atoms with Crippen molar-refractivity contribution in [3.63, 3.8) is 0 Å². The summed E-state index contributed by atoms with van der Waals surface area (Å²) in [6, 6.07) is 8.35. The van der Waals surface area contributed by atoms with E-state index in [9.17, 15) is 4.39 Å². The number of nitrogens with one attached hydrogen (secondary N) is 1. The zero-order valence-corrected chi connectivity index (χ0v) is 12.6. The zero-order chi connectivity index (χ0) is 14.5. The number of nitrogens with zero attached hydrogens (tertiary/aromatic N) is 1. The van der Waals surface area contributed by atoms with Gasteiger partial charge in [0.05, 0.1) is 0 Å². The number of hydrogen-bond acceptors (Lipinski definition) is 3. The summed E-state index contributed by atoms with van der Waals surface area (Å²) in [5, 5.41) is 3.77. The van der Waals surface area contributed by atoms with Crippen LogP contribution in [0, 0.1) is 5.82 Å². The molecule has 1 aromatic rings. The predicted octanol–water partition coefficient (Wildman–Crippen LogP) is 2.56. The molecule has 0 amide bonds. The fourth-order valence-electron chi connectivity index (χ4n) is 3.32. The monoisotopic (exact) mass is 292 g/mol. The smallest absolute Gasteiger partial charge is 0.127 e. The zero-order valence-electron chi connectivity index (χ0n) is 12.6.